The fraction of sp³-hybridized carbons (Fsp3) is 0.296. The number of hydrogen-bond acceptors (Lipinski definition) is 5. The van der Waals surface area contributed by atoms with Crippen LogP contribution in [0.1, 0.15) is 36.1 Å². The highest BCUT2D eigenvalue weighted by molar-refractivity contribution is 5.60. The molecule has 3 heterocycles. The molecule has 5 rings (SSSR count). The molecule has 174 valence electrons. The monoisotopic (exact) mass is 457 g/mol. The van der Waals surface area contributed by atoms with E-state index in [0.717, 1.165) is 49.4 Å². The van der Waals surface area contributed by atoms with Crippen molar-refractivity contribution in [2.24, 2.45) is 0 Å². The molecule has 4 aromatic rings. The van der Waals surface area contributed by atoms with Gasteiger partial charge in [-0.2, -0.15) is 5.10 Å². The van der Waals surface area contributed by atoms with Crippen LogP contribution in [0, 0.1) is 5.82 Å². The van der Waals surface area contributed by atoms with E-state index in [4.69, 9.17) is 9.84 Å². The lowest BCUT2D eigenvalue weighted by Gasteiger charge is -2.34. The van der Waals surface area contributed by atoms with Crippen LogP contribution >= 0.6 is 0 Å². The Balaban J connectivity index is 1.35. The molecular weight excluding hydrogens is 429 g/mol. The van der Waals surface area contributed by atoms with E-state index in [1.807, 2.05) is 10.7 Å². The standard InChI is InChI=1S/C27H28FN5O/c1-34-26(22-6-3-2-4-7-22)19-32-16-12-21(13-17-32)25-18-24(20-8-10-23(28)11-9-20)31-33(25)27-29-14-5-15-30-27/h2-11,14-15,18,21,26H,12-13,16-17,19H2,1H3/t26-/m0/s1. The lowest BCUT2D eigenvalue weighted by Crippen LogP contribution is -2.36. The number of piperidine rings is 1. The fourth-order valence-electron chi connectivity index (χ4n) is 4.64. The van der Waals surface area contributed by atoms with Crippen molar-refractivity contribution >= 4 is 0 Å². The maximum Gasteiger partial charge on any atom is 0.250 e. The Morgan fingerprint density at radius 1 is 0.971 bits per heavy atom. The Bertz CT molecular complexity index is 1190. The van der Waals surface area contributed by atoms with E-state index in [-0.39, 0.29) is 11.9 Å². The highest BCUT2D eigenvalue weighted by Gasteiger charge is 2.27. The molecule has 2 aromatic carbocycles. The second-order valence-corrected chi connectivity index (χ2v) is 8.63. The van der Waals surface area contributed by atoms with Crippen LogP contribution in [-0.2, 0) is 4.74 Å². The van der Waals surface area contributed by atoms with Crippen molar-refractivity contribution in [3.05, 3.63) is 96.2 Å². The Hall–Kier alpha value is -3.42. The van der Waals surface area contributed by atoms with Crippen LogP contribution in [-0.4, -0.2) is 51.4 Å². The normalized spacial score (nSPS) is 15.9. The molecule has 1 atom stereocenters. The Labute approximate surface area is 199 Å². The van der Waals surface area contributed by atoms with Crippen molar-refractivity contribution in [1.29, 1.82) is 0 Å². The van der Waals surface area contributed by atoms with Crippen molar-refractivity contribution in [2.75, 3.05) is 26.7 Å². The van der Waals surface area contributed by atoms with Crippen LogP contribution < -0.4 is 0 Å². The number of nitrogens with zero attached hydrogens (tertiary/aromatic N) is 5. The predicted octanol–water partition coefficient (Wildman–Crippen LogP) is 5.04. The van der Waals surface area contributed by atoms with Gasteiger partial charge in [0.05, 0.1) is 17.5 Å². The summed E-state index contributed by atoms with van der Waals surface area (Å²) in [5, 5.41) is 4.81. The maximum absolute atomic E-state index is 13.4. The fourth-order valence-corrected chi connectivity index (χ4v) is 4.64. The molecule has 1 aliphatic rings. The number of aromatic nitrogens is 4. The first-order valence-electron chi connectivity index (χ1n) is 11.6. The number of halogens is 1. The molecule has 0 N–H and O–H groups in total. The minimum absolute atomic E-state index is 0.0612. The van der Waals surface area contributed by atoms with Gasteiger partial charge in [0.25, 0.3) is 5.95 Å². The van der Waals surface area contributed by atoms with E-state index >= 15 is 0 Å². The van der Waals surface area contributed by atoms with Gasteiger partial charge in [-0.25, -0.2) is 19.0 Å². The highest BCUT2D eigenvalue weighted by Crippen LogP contribution is 2.33. The van der Waals surface area contributed by atoms with Crippen LogP contribution in [0.25, 0.3) is 17.2 Å². The van der Waals surface area contributed by atoms with Crippen molar-refractivity contribution < 1.29 is 9.13 Å². The Morgan fingerprint density at radius 3 is 2.35 bits per heavy atom. The Kier molecular flexibility index (Phi) is 6.74. The van der Waals surface area contributed by atoms with Crippen LogP contribution in [0.4, 0.5) is 4.39 Å². The molecule has 2 aromatic heterocycles. The van der Waals surface area contributed by atoms with Gasteiger partial charge >= 0.3 is 0 Å². The van der Waals surface area contributed by atoms with Gasteiger partial charge in [-0.15, -0.1) is 0 Å². The average molecular weight is 458 g/mol. The van der Waals surface area contributed by atoms with Crippen molar-refractivity contribution in [3.8, 4) is 17.2 Å². The first kappa shape index (κ1) is 22.4. The third kappa shape index (κ3) is 4.90. The summed E-state index contributed by atoms with van der Waals surface area (Å²) in [6, 6.07) is 20.7. The molecule has 34 heavy (non-hydrogen) atoms. The summed E-state index contributed by atoms with van der Waals surface area (Å²) in [7, 11) is 1.78. The lowest BCUT2D eigenvalue weighted by atomic mass is 9.92. The molecule has 6 nitrogen and oxygen atoms in total. The van der Waals surface area contributed by atoms with Gasteiger partial charge in [0.1, 0.15) is 5.82 Å². The molecule has 0 aliphatic carbocycles. The number of hydrogen-bond donors (Lipinski definition) is 0. The highest BCUT2D eigenvalue weighted by atomic mass is 19.1. The largest absolute Gasteiger partial charge is 0.375 e. The minimum atomic E-state index is -0.257. The van der Waals surface area contributed by atoms with E-state index in [1.54, 1.807) is 37.7 Å². The Morgan fingerprint density at radius 2 is 1.68 bits per heavy atom. The van der Waals surface area contributed by atoms with E-state index in [1.165, 1.54) is 17.7 Å². The SMILES string of the molecule is CO[C@@H](CN1CCC(c2cc(-c3ccc(F)cc3)nn2-c2ncccn2)CC1)c1ccccc1. The maximum atomic E-state index is 13.4. The summed E-state index contributed by atoms with van der Waals surface area (Å²) in [5.74, 6) is 0.628. The molecule has 0 amide bonds. The molecule has 1 saturated heterocycles. The van der Waals surface area contributed by atoms with E-state index < -0.39 is 0 Å². The van der Waals surface area contributed by atoms with Crippen molar-refractivity contribution in [1.82, 2.24) is 24.6 Å². The summed E-state index contributed by atoms with van der Waals surface area (Å²) in [4.78, 5) is 11.3. The van der Waals surface area contributed by atoms with E-state index in [9.17, 15) is 4.39 Å². The molecule has 0 radical (unpaired) electrons. The first-order valence-corrected chi connectivity index (χ1v) is 11.6. The number of likely N-dealkylation sites (tertiary alicyclic amines) is 1. The molecule has 0 spiro atoms. The minimum Gasteiger partial charge on any atom is -0.375 e. The molecule has 0 bridgehead atoms. The molecule has 0 saturated carbocycles. The third-order valence-electron chi connectivity index (χ3n) is 6.50. The molecule has 0 unspecified atom stereocenters. The van der Waals surface area contributed by atoms with Crippen LogP contribution in [0.15, 0.2) is 79.1 Å². The summed E-state index contributed by atoms with van der Waals surface area (Å²) in [6.45, 7) is 2.82. The molecule has 7 heteroatoms. The van der Waals surface area contributed by atoms with Crippen LogP contribution in [0.5, 0.6) is 0 Å². The first-order chi connectivity index (χ1) is 16.7. The smallest absolute Gasteiger partial charge is 0.250 e. The number of benzene rings is 2. The third-order valence-corrected chi connectivity index (χ3v) is 6.50. The van der Waals surface area contributed by atoms with Gasteiger partial charge in [-0.3, -0.25) is 0 Å². The van der Waals surface area contributed by atoms with Gasteiger partial charge in [0.15, 0.2) is 0 Å². The topological polar surface area (TPSA) is 56.1 Å². The number of rotatable bonds is 7. The number of ether oxygens (including phenoxy) is 1. The van der Waals surface area contributed by atoms with Gasteiger partial charge in [0.2, 0.25) is 0 Å². The summed E-state index contributed by atoms with van der Waals surface area (Å²) < 4.78 is 21.1. The van der Waals surface area contributed by atoms with Crippen LogP contribution in [0.2, 0.25) is 0 Å². The van der Waals surface area contributed by atoms with E-state index in [0.29, 0.717) is 11.9 Å². The van der Waals surface area contributed by atoms with Gasteiger partial charge in [0, 0.05) is 37.5 Å². The zero-order valence-electron chi connectivity index (χ0n) is 19.2. The quantitative estimate of drug-likeness (QED) is 0.389. The zero-order valence-corrected chi connectivity index (χ0v) is 19.2. The molecular formula is C27H28FN5O. The van der Waals surface area contributed by atoms with Gasteiger partial charge in [-0.1, -0.05) is 30.3 Å². The van der Waals surface area contributed by atoms with E-state index in [2.05, 4.69) is 45.2 Å². The van der Waals surface area contributed by atoms with Gasteiger partial charge < -0.3 is 9.64 Å². The molecule has 1 fully saturated rings. The second kappa shape index (κ2) is 10.2. The predicted molar refractivity (Wildman–Crippen MR) is 129 cm³/mol. The van der Waals surface area contributed by atoms with Crippen LogP contribution in [0.3, 0.4) is 0 Å². The number of methoxy groups -OCH3 is 1. The zero-order chi connectivity index (χ0) is 23.3. The summed E-state index contributed by atoms with van der Waals surface area (Å²) in [5.41, 5.74) is 3.97. The van der Waals surface area contributed by atoms with Crippen molar-refractivity contribution in [3.63, 3.8) is 0 Å². The molecule has 1 aliphatic heterocycles. The lowest BCUT2D eigenvalue weighted by molar-refractivity contribution is 0.0545. The summed E-state index contributed by atoms with van der Waals surface area (Å²) in [6.07, 6.45) is 5.52. The average Bonchev–Trinajstić information content (AvgIpc) is 3.34. The van der Waals surface area contributed by atoms with Crippen molar-refractivity contribution in [2.45, 2.75) is 24.9 Å². The second-order valence-electron chi connectivity index (χ2n) is 8.63. The van der Waals surface area contributed by atoms with Gasteiger partial charge in [-0.05, 0) is 67.9 Å². The summed E-state index contributed by atoms with van der Waals surface area (Å²) >= 11 is 0.